The average molecular weight is 235 g/mol. The van der Waals surface area contributed by atoms with Crippen LogP contribution >= 0.6 is 11.6 Å². The molecule has 0 spiro atoms. The summed E-state index contributed by atoms with van der Waals surface area (Å²) in [7, 11) is 0. The zero-order valence-electron chi connectivity index (χ0n) is 8.09. The van der Waals surface area contributed by atoms with Crippen molar-refractivity contribution in [3.05, 3.63) is 47.4 Å². The quantitative estimate of drug-likeness (QED) is 0.811. The van der Waals surface area contributed by atoms with Crippen molar-refractivity contribution in [1.82, 2.24) is 9.97 Å². The molecule has 0 bridgehead atoms. The molecular weight excluding hydrogens is 228 g/mol. The summed E-state index contributed by atoms with van der Waals surface area (Å²) in [5.74, 6) is -1.09. The fourth-order valence-corrected chi connectivity index (χ4v) is 1.50. The monoisotopic (exact) mass is 234 g/mol. The highest BCUT2D eigenvalue weighted by Crippen LogP contribution is 2.20. The third-order valence-corrected chi connectivity index (χ3v) is 2.32. The topological polar surface area (TPSA) is 63.1 Å². The molecular formula is C11H7ClN2O2. The van der Waals surface area contributed by atoms with Gasteiger partial charge in [-0.3, -0.25) is 4.98 Å². The second-order valence-electron chi connectivity index (χ2n) is 3.08. The summed E-state index contributed by atoms with van der Waals surface area (Å²) in [6.07, 6.45) is 3.29. The maximum absolute atomic E-state index is 10.7. The molecule has 0 saturated carbocycles. The first-order valence-electron chi connectivity index (χ1n) is 4.49. The van der Waals surface area contributed by atoms with Crippen LogP contribution in [0, 0.1) is 0 Å². The smallest absolute Gasteiger partial charge is 0.338 e. The largest absolute Gasteiger partial charge is 0.478 e. The summed E-state index contributed by atoms with van der Waals surface area (Å²) in [5.41, 5.74) is 1.39. The minimum absolute atomic E-state index is 0.00527. The maximum atomic E-state index is 10.7. The van der Waals surface area contributed by atoms with E-state index in [0.717, 1.165) is 5.56 Å². The number of rotatable bonds is 2. The summed E-state index contributed by atoms with van der Waals surface area (Å²) >= 11 is 5.76. The fraction of sp³-hybridized carbons (Fsp3) is 0. The van der Waals surface area contributed by atoms with Crippen molar-refractivity contribution in [3.8, 4) is 11.3 Å². The summed E-state index contributed by atoms with van der Waals surface area (Å²) < 4.78 is 0. The fourth-order valence-electron chi connectivity index (χ4n) is 1.27. The molecule has 16 heavy (non-hydrogen) atoms. The summed E-state index contributed by atoms with van der Waals surface area (Å²) in [5, 5.41) is 8.77. The highest BCUT2D eigenvalue weighted by molar-refractivity contribution is 6.32. The molecule has 0 aliphatic heterocycles. The molecule has 0 atom stereocenters. The van der Waals surface area contributed by atoms with E-state index in [1.807, 2.05) is 6.07 Å². The number of carboxylic acid groups (broad SMARTS) is 1. The van der Waals surface area contributed by atoms with Crippen molar-refractivity contribution in [1.29, 1.82) is 0 Å². The van der Waals surface area contributed by atoms with Crippen LogP contribution in [0.5, 0.6) is 0 Å². The van der Waals surface area contributed by atoms with Crippen LogP contribution < -0.4 is 0 Å². The Hall–Kier alpha value is -1.94. The number of aromatic carboxylic acids is 1. The van der Waals surface area contributed by atoms with Gasteiger partial charge < -0.3 is 5.11 Å². The van der Waals surface area contributed by atoms with Crippen molar-refractivity contribution in [3.63, 3.8) is 0 Å². The van der Waals surface area contributed by atoms with Crippen LogP contribution in [-0.4, -0.2) is 21.0 Å². The Labute approximate surface area is 96.6 Å². The van der Waals surface area contributed by atoms with Crippen molar-refractivity contribution in [2.45, 2.75) is 0 Å². The molecule has 2 rings (SSSR count). The summed E-state index contributed by atoms with van der Waals surface area (Å²) in [4.78, 5) is 18.7. The third-order valence-electron chi connectivity index (χ3n) is 2.04. The van der Waals surface area contributed by atoms with Gasteiger partial charge in [-0.1, -0.05) is 11.6 Å². The number of aromatic nitrogens is 2. The zero-order chi connectivity index (χ0) is 11.5. The van der Waals surface area contributed by atoms with Gasteiger partial charge in [-0.05, 0) is 24.3 Å². The number of hydrogen-bond donors (Lipinski definition) is 1. The molecule has 5 heteroatoms. The predicted molar refractivity (Wildman–Crippen MR) is 59.4 cm³/mol. The lowest BCUT2D eigenvalue weighted by Crippen LogP contribution is -1.99. The SMILES string of the molecule is O=C(O)c1ccc(-c2cccnc2)nc1Cl. The number of carboxylic acids is 1. The van der Waals surface area contributed by atoms with E-state index in [-0.39, 0.29) is 10.7 Å². The Balaban J connectivity index is 2.46. The van der Waals surface area contributed by atoms with Crippen LogP contribution in [0.1, 0.15) is 10.4 Å². The van der Waals surface area contributed by atoms with Crippen molar-refractivity contribution in [2.75, 3.05) is 0 Å². The van der Waals surface area contributed by atoms with Crippen LogP contribution in [0.15, 0.2) is 36.7 Å². The molecule has 2 aromatic rings. The molecule has 0 aliphatic carbocycles. The van der Waals surface area contributed by atoms with E-state index in [9.17, 15) is 4.79 Å². The van der Waals surface area contributed by atoms with E-state index in [1.165, 1.54) is 6.07 Å². The number of carbonyl (C=O) groups is 1. The normalized spacial score (nSPS) is 10.1. The molecule has 0 amide bonds. The van der Waals surface area contributed by atoms with Crippen molar-refractivity contribution < 1.29 is 9.90 Å². The second-order valence-corrected chi connectivity index (χ2v) is 3.44. The van der Waals surface area contributed by atoms with Gasteiger partial charge in [0, 0.05) is 18.0 Å². The van der Waals surface area contributed by atoms with Crippen molar-refractivity contribution >= 4 is 17.6 Å². The molecule has 2 heterocycles. The lowest BCUT2D eigenvalue weighted by Gasteiger charge is -2.02. The highest BCUT2D eigenvalue weighted by atomic mass is 35.5. The molecule has 4 nitrogen and oxygen atoms in total. The van der Waals surface area contributed by atoms with Gasteiger partial charge in [0.1, 0.15) is 5.15 Å². The Morgan fingerprint density at radius 1 is 1.31 bits per heavy atom. The molecule has 0 aliphatic rings. The predicted octanol–water partition coefficient (Wildman–Crippen LogP) is 2.50. The molecule has 0 saturated heterocycles. The van der Waals surface area contributed by atoms with Gasteiger partial charge in [-0.25, -0.2) is 9.78 Å². The molecule has 0 unspecified atom stereocenters. The van der Waals surface area contributed by atoms with E-state index in [0.29, 0.717) is 5.69 Å². The van der Waals surface area contributed by atoms with E-state index < -0.39 is 5.97 Å². The molecule has 2 aromatic heterocycles. The van der Waals surface area contributed by atoms with Crippen LogP contribution in [0.2, 0.25) is 5.15 Å². The molecule has 0 fully saturated rings. The number of halogens is 1. The summed E-state index contributed by atoms with van der Waals surface area (Å²) in [6.45, 7) is 0. The molecule has 1 N–H and O–H groups in total. The summed E-state index contributed by atoms with van der Waals surface area (Å²) in [6, 6.07) is 6.63. The first-order chi connectivity index (χ1) is 7.68. The minimum atomic E-state index is -1.09. The minimum Gasteiger partial charge on any atom is -0.478 e. The van der Waals surface area contributed by atoms with Crippen LogP contribution in [0.25, 0.3) is 11.3 Å². The Kier molecular flexibility index (Phi) is 2.83. The Morgan fingerprint density at radius 2 is 2.12 bits per heavy atom. The first kappa shape index (κ1) is 10.6. The molecule has 0 radical (unpaired) electrons. The van der Waals surface area contributed by atoms with Gasteiger partial charge in [-0.15, -0.1) is 0 Å². The van der Waals surface area contributed by atoms with E-state index in [4.69, 9.17) is 16.7 Å². The van der Waals surface area contributed by atoms with Gasteiger partial charge in [0.05, 0.1) is 11.3 Å². The average Bonchev–Trinajstić information content (AvgIpc) is 2.29. The molecule has 0 aromatic carbocycles. The zero-order valence-corrected chi connectivity index (χ0v) is 8.85. The number of pyridine rings is 2. The van der Waals surface area contributed by atoms with Gasteiger partial charge in [0.25, 0.3) is 0 Å². The van der Waals surface area contributed by atoms with Crippen molar-refractivity contribution in [2.24, 2.45) is 0 Å². The number of nitrogens with zero attached hydrogens (tertiary/aromatic N) is 2. The highest BCUT2D eigenvalue weighted by Gasteiger charge is 2.10. The van der Waals surface area contributed by atoms with E-state index in [1.54, 1.807) is 24.5 Å². The third kappa shape index (κ3) is 2.01. The van der Waals surface area contributed by atoms with Crippen LogP contribution in [0.3, 0.4) is 0 Å². The molecule has 80 valence electrons. The van der Waals surface area contributed by atoms with E-state index in [2.05, 4.69) is 9.97 Å². The number of hydrogen-bond acceptors (Lipinski definition) is 3. The van der Waals surface area contributed by atoms with Crippen LogP contribution in [-0.2, 0) is 0 Å². The lowest BCUT2D eigenvalue weighted by atomic mass is 10.1. The lowest BCUT2D eigenvalue weighted by molar-refractivity contribution is 0.0696. The van der Waals surface area contributed by atoms with Gasteiger partial charge >= 0.3 is 5.97 Å². The van der Waals surface area contributed by atoms with Gasteiger partial charge in [0.15, 0.2) is 0 Å². The first-order valence-corrected chi connectivity index (χ1v) is 4.86. The van der Waals surface area contributed by atoms with Gasteiger partial charge in [-0.2, -0.15) is 0 Å². The van der Waals surface area contributed by atoms with Crippen LogP contribution in [0.4, 0.5) is 0 Å². The van der Waals surface area contributed by atoms with E-state index >= 15 is 0 Å². The Morgan fingerprint density at radius 3 is 2.69 bits per heavy atom. The van der Waals surface area contributed by atoms with Gasteiger partial charge in [0.2, 0.25) is 0 Å². The second kappa shape index (κ2) is 4.28. The maximum Gasteiger partial charge on any atom is 0.338 e. The standard InChI is InChI=1S/C11H7ClN2O2/c12-10-8(11(15)16)3-4-9(14-10)7-2-1-5-13-6-7/h1-6H,(H,15,16). The Bertz CT molecular complexity index is 529.